The second-order valence-electron chi connectivity index (χ2n) is 7.92. The zero-order valence-corrected chi connectivity index (χ0v) is 18.1. The Kier molecular flexibility index (Phi) is 5.57. The lowest BCUT2D eigenvalue weighted by Crippen LogP contribution is -2.31. The molecule has 0 saturated heterocycles. The fourth-order valence-electron chi connectivity index (χ4n) is 4.33. The molecular formula is C27H26N4O. The molecule has 2 aromatic heterocycles. The molecule has 0 bridgehead atoms. The van der Waals surface area contributed by atoms with Gasteiger partial charge in [0.2, 0.25) is 0 Å². The van der Waals surface area contributed by atoms with Crippen LogP contribution in [0.25, 0.3) is 32.7 Å². The Bertz CT molecular complexity index is 1420. The predicted molar refractivity (Wildman–Crippen MR) is 131 cm³/mol. The summed E-state index contributed by atoms with van der Waals surface area (Å²) < 4.78 is 2.29. The number of para-hydroxylation sites is 2. The molecule has 0 spiro atoms. The number of amides is 1. The first-order valence-corrected chi connectivity index (χ1v) is 11.1. The number of aromatic nitrogens is 2. The van der Waals surface area contributed by atoms with Crippen molar-refractivity contribution < 1.29 is 4.79 Å². The van der Waals surface area contributed by atoms with E-state index in [0.717, 1.165) is 34.0 Å². The van der Waals surface area contributed by atoms with Gasteiger partial charge in [-0.25, -0.2) is 0 Å². The van der Waals surface area contributed by atoms with E-state index in [0.29, 0.717) is 25.2 Å². The standard InChI is InChI=1S/C27H26N4O/c1-2-31-25-10-6-4-8-22(25)23-17-20(12-14-26(23)31)27(32)29-16-15-28-18-21-13-11-19-7-3-5-9-24(19)30-21/h3-14,17,28H,2,15-16,18H2,1H3,(H,29,32). The second kappa shape index (κ2) is 8.81. The number of aryl methyl sites for hydroxylation is 1. The Morgan fingerprint density at radius 1 is 0.875 bits per heavy atom. The van der Waals surface area contributed by atoms with Crippen LogP contribution in [0.4, 0.5) is 0 Å². The van der Waals surface area contributed by atoms with E-state index in [4.69, 9.17) is 0 Å². The minimum atomic E-state index is -0.0501. The van der Waals surface area contributed by atoms with Crippen LogP contribution >= 0.6 is 0 Å². The lowest BCUT2D eigenvalue weighted by Gasteiger charge is -2.08. The molecule has 0 saturated carbocycles. The number of nitrogens with zero attached hydrogens (tertiary/aromatic N) is 2. The van der Waals surface area contributed by atoms with Crippen molar-refractivity contribution in [2.75, 3.05) is 13.1 Å². The minimum absolute atomic E-state index is 0.0501. The summed E-state index contributed by atoms with van der Waals surface area (Å²) in [7, 11) is 0. The third kappa shape index (κ3) is 3.83. The Morgan fingerprint density at radius 3 is 2.59 bits per heavy atom. The SMILES string of the molecule is CCn1c2ccccc2c2cc(C(=O)NCCNCc3ccc4ccccc4n3)ccc21. The van der Waals surface area contributed by atoms with Crippen LogP contribution in [-0.4, -0.2) is 28.5 Å². The first kappa shape index (κ1) is 20.2. The van der Waals surface area contributed by atoms with E-state index < -0.39 is 0 Å². The van der Waals surface area contributed by atoms with Crippen LogP contribution in [0.2, 0.25) is 0 Å². The number of hydrogen-bond acceptors (Lipinski definition) is 3. The second-order valence-corrected chi connectivity index (χ2v) is 7.92. The van der Waals surface area contributed by atoms with Crippen LogP contribution in [0.1, 0.15) is 23.0 Å². The molecular weight excluding hydrogens is 396 g/mol. The quantitative estimate of drug-likeness (QED) is 0.368. The smallest absolute Gasteiger partial charge is 0.251 e. The lowest BCUT2D eigenvalue weighted by atomic mass is 10.1. The molecule has 32 heavy (non-hydrogen) atoms. The summed E-state index contributed by atoms with van der Waals surface area (Å²) in [4.78, 5) is 17.4. The number of fused-ring (bicyclic) bond motifs is 4. The highest BCUT2D eigenvalue weighted by Crippen LogP contribution is 2.29. The van der Waals surface area contributed by atoms with E-state index >= 15 is 0 Å². The molecule has 0 atom stereocenters. The third-order valence-corrected chi connectivity index (χ3v) is 5.90. The molecule has 0 aliphatic rings. The molecule has 5 aromatic rings. The van der Waals surface area contributed by atoms with Gasteiger partial charge >= 0.3 is 0 Å². The number of benzene rings is 3. The highest BCUT2D eigenvalue weighted by atomic mass is 16.1. The number of nitrogens with one attached hydrogen (secondary N) is 2. The number of hydrogen-bond donors (Lipinski definition) is 2. The van der Waals surface area contributed by atoms with E-state index in [1.807, 2.05) is 42.5 Å². The highest BCUT2D eigenvalue weighted by molar-refractivity contribution is 6.10. The Hall–Kier alpha value is -3.70. The van der Waals surface area contributed by atoms with Crippen molar-refractivity contribution >= 4 is 38.6 Å². The molecule has 0 fully saturated rings. The van der Waals surface area contributed by atoms with Gasteiger partial charge in [0, 0.05) is 58.9 Å². The van der Waals surface area contributed by atoms with Gasteiger partial charge < -0.3 is 15.2 Å². The Balaban J connectivity index is 1.21. The van der Waals surface area contributed by atoms with Crippen LogP contribution in [0, 0.1) is 0 Å². The maximum atomic E-state index is 12.7. The Labute approximate surface area is 187 Å². The van der Waals surface area contributed by atoms with E-state index in [-0.39, 0.29) is 5.91 Å². The van der Waals surface area contributed by atoms with E-state index in [1.165, 1.54) is 10.9 Å². The summed E-state index contributed by atoms with van der Waals surface area (Å²) in [6, 6.07) is 26.6. The normalized spacial score (nSPS) is 11.4. The molecule has 5 rings (SSSR count). The molecule has 0 aliphatic heterocycles. The average Bonchev–Trinajstić information content (AvgIpc) is 3.16. The zero-order valence-electron chi connectivity index (χ0n) is 18.1. The van der Waals surface area contributed by atoms with Gasteiger partial charge in [0.15, 0.2) is 0 Å². The van der Waals surface area contributed by atoms with Crippen LogP contribution < -0.4 is 10.6 Å². The number of carbonyl (C=O) groups excluding carboxylic acids is 1. The molecule has 1 amide bonds. The van der Waals surface area contributed by atoms with Gasteiger partial charge in [-0.15, -0.1) is 0 Å². The van der Waals surface area contributed by atoms with Crippen molar-refractivity contribution in [2.24, 2.45) is 0 Å². The van der Waals surface area contributed by atoms with E-state index in [9.17, 15) is 4.79 Å². The number of pyridine rings is 1. The van der Waals surface area contributed by atoms with Crippen molar-refractivity contribution in [1.82, 2.24) is 20.2 Å². The fraction of sp³-hybridized carbons (Fsp3) is 0.185. The van der Waals surface area contributed by atoms with Crippen LogP contribution in [0.5, 0.6) is 0 Å². The van der Waals surface area contributed by atoms with Crippen molar-refractivity contribution in [1.29, 1.82) is 0 Å². The average molecular weight is 423 g/mol. The first-order valence-electron chi connectivity index (χ1n) is 11.1. The highest BCUT2D eigenvalue weighted by Gasteiger charge is 2.12. The molecule has 0 aliphatic carbocycles. The van der Waals surface area contributed by atoms with Crippen LogP contribution in [-0.2, 0) is 13.1 Å². The topological polar surface area (TPSA) is 59.0 Å². The maximum absolute atomic E-state index is 12.7. The summed E-state index contributed by atoms with van der Waals surface area (Å²) in [6.07, 6.45) is 0. The number of carbonyl (C=O) groups is 1. The Morgan fingerprint density at radius 2 is 1.69 bits per heavy atom. The summed E-state index contributed by atoms with van der Waals surface area (Å²) in [6.45, 7) is 4.95. The molecule has 160 valence electrons. The van der Waals surface area contributed by atoms with Crippen molar-refractivity contribution in [2.45, 2.75) is 20.0 Å². The largest absolute Gasteiger partial charge is 0.351 e. The van der Waals surface area contributed by atoms with Crippen molar-refractivity contribution in [3.05, 3.63) is 90.1 Å². The number of rotatable bonds is 7. The summed E-state index contributed by atoms with van der Waals surface area (Å²) >= 11 is 0. The molecule has 0 unspecified atom stereocenters. The van der Waals surface area contributed by atoms with Gasteiger partial charge in [-0.1, -0.05) is 42.5 Å². The van der Waals surface area contributed by atoms with Gasteiger partial charge in [-0.05, 0) is 43.3 Å². The van der Waals surface area contributed by atoms with Gasteiger partial charge in [0.1, 0.15) is 0 Å². The van der Waals surface area contributed by atoms with E-state index in [1.54, 1.807) is 0 Å². The van der Waals surface area contributed by atoms with Gasteiger partial charge in [-0.3, -0.25) is 9.78 Å². The monoisotopic (exact) mass is 422 g/mol. The summed E-state index contributed by atoms with van der Waals surface area (Å²) in [5.74, 6) is -0.0501. The maximum Gasteiger partial charge on any atom is 0.251 e. The lowest BCUT2D eigenvalue weighted by molar-refractivity contribution is 0.0954. The molecule has 2 N–H and O–H groups in total. The molecule has 2 heterocycles. The van der Waals surface area contributed by atoms with Gasteiger partial charge in [-0.2, -0.15) is 0 Å². The van der Waals surface area contributed by atoms with Crippen LogP contribution in [0.3, 0.4) is 0 Å². The molecule has 0 radical (unpaired) electrons. The fourth-order valence-corrected chi connectivity index (χ4v) is 4.33. The third-order valence-electron chi connectivity index (χ3n) is 5.90. The van der Waals surface area contributed by atoms with Gasteiger partial charge in [0.05, 0.1) is 11.2 Å². The van der Waals surface area contributed by atoms with Crippen molar-refractivity contribution in [3.63, 3.8) is 0 Å². The summed E-state index contributed by atoms with van der Waals surface area (Å²) in [5.41, 5.74) is 5.05. The predicted octanol–water partition coefficient (Wildman–Crippen LogP) is 4.88. The zero-order chi connectivity index (χ0) is 21.9. The molecule has 5 nitrogen and oxygen atoms in total. The summed E-state index contributed by atoms with van der Waals surface area (Å²) in [5, 5.41) is 9.82. The first-order chi connectivity index (χ1) is 15.7. The minimum Gasteiger partial charge on any atom is -0.351 e. The van der Waals surface area contributed by atoms with Crippen molar-refractivity contribution in [3.8, 4) is 0 Å². The molecule has 3 aromatic carbocycles. The van der Waals surface area contributed by atoms with Gasteiger partial charge in [0.25, 0.3) is 5.91 Å². The van der Waals surface area contributed by atoms with E-state index in [2.05, 4.69) is 63.5 Å². The van der Waals surface area contributed by atoms with Crippen LogP contribution in [0.15, 0.2) is 78.9 Å². The molecule has 5 heteroatoms.